The van der Waals surface area contributed by atoms with Gasteiger partial charge in [0.15, 0.2) is 0 Å². The van der Waals surface area contributed by atoms with Crippen molar-refractivity contribution in [3.63, 3.8) is 0 Å². The minimum atomic E-state index is -0.595. The molecule has 0 bridgehead atoms. The second-order valence-electron chi connectivity index (χ2n) is 5.80. The molecular formula is C15H22N2O2. The van der Waals surface area contributed by atoms with Gasteiger partial charge in [-0.2, -0.15) is 0 Å². The first kappa shape index (κ1) is 14.0. The zero-order valence-corrected chi connectivity index (χ0v) is 11.8. The smallest absolute Gasteiger partial charge is 0.244 e. The number of hydrogen-bond donors (Lipinski definition) is 1. The molecule has 1 fully saturated rings. The predicted octanol–water partition coefficient (Wildman–Crippen LogP) is 1.71. The first-order chi connectivity index (χ1) is 8.89. The van der Waals surface area contributed by atoms with Gasteiger partial charge >= 0.3 is 0 Å². The number of benzene rings is 1. The Balaban J connectivity index is 2.11. The third-order valence-electron chi connectivity index (χ3n) is 3.31. The van der Waals surface area contributed by atoms with Crippen molar-refractivity contribution in [1.29, 1.82) is 0 Å². The fourth-order valence-corrected chi connectivity index (χ4v) is 2.62. The van der Waals surface area contributed by atoms with Crippen molar-refractivity contribution in [2.45, 2.75) is 38.5 Å². The molecule has 2 atom stereocenters. The van der Waals surface area contributed by atoms with Crippen LogP contribution in [-0.2, 0) is 9.53 Å². The van der Waals surface area contributed by atoms with Crippen molar-refractivity contribution in [2.75, 3.05) is 13.1 Å². The van der Waals surface area contributed by atoms with E-state index in [-0.39, 0.29) is 17.6 Å². The summed E-state index contributed by atoms with van der Waals surface area (Å²) in [7, 11) is 0. The van der Waals surface area contributed by atoms with E-state index in [1.165, 1.54) is 0 Å². The summed E-state index contributed by atoms with van der Waals surface area (Å²) in [6.07, 6.45) is 0.0377. The first-order valence-corrected chi connectivity index (χ1v) is 6.66. The molecule has 2 rings (SSSR count). The Kier molecular flexibility index (Phi) is 3.92. The molecule has 1 aliphatic rings. The van der Waals surface area contributed by atoms with Gasteiger partial charge in [-0.05, 0) is 26.3 Å². The number of rotatable bonds is 2. The maximum atomic E-state index is 12.5. The molecule has 1 aliphatic heterocycles. The Morgan fingerprint density at radius 2 is 2.05 bits per heavy atom. The van der Waals surface area contributed by atoms with E-state index in [0.717, 1.165) is 5.56 Å². The van der Waals surface area contributed by atoms with Crippen LogP contribution in [0.2, 0.25) is 0 Å². The number of hydrogen-bond acceptors (Lipinski definition) is 3. The molecule has 104 valence electrons. The van der Waals surface area contributed by atoms with E-state index in [9.17, 15) is 4.79 Å². The molecule has 1 heterocycles. The highest BCUT2D eigenvalue weighted by molar-refractivity contribution is 5.83. The van der Waals surface area contributed by atoms with E-state index in [1.54, 1.807) is 0 Å². The fraction of sp³-hybridized carbons (Fsp3) is 0.533. The number of morpholine rings is 1. The Morgan fingerprint density at radius 1 is 1.42 bits per heavy atom. The summed E-state index contributed by atoms with van der Waals surface area (Å²) in [5, 5.41) is 0. The van der Waals surface area contributed by atoms with Crippen LogP contribution in [0.15, 0.2) is 30.3 Å². The molecule has 1 aromatic carbocycles. The zero-order valence-electron chi connectivity index (χ0n) is 11.8. The monoisotopic (exact) mass is 262 g/mol. The van der Waals surface area contributed by atoms with Crippen molar-refractivity contribution in [2.24, 2.45) is 5.73 Å². The molecule has 2 N–H and O–H groups in total. The van der Waals surface area contributed by atoms with Gasteiger partial charge in [-0.15, -0.1) is 0 Å². The molecule has 1 amide bonds. The third kappa shape index (κ3) is 3.33. The normalized spacial score (nSPS) is 24.0. The first-order valence-electron chi connectivity index (χ1n) is 6.66. The van der Waals surface area contributed by atoms with Gasteiger partial charge in [0.2, 0.25) is 5.91 Å². The number of carbonyl (C=O) groups excluding carboxylic acids is 1. The van der Waals surface area contributed by atoms with Crippen LogP contribution in [0.5, 0.6) is 0 Å². The van der Waals surface area contributed by atoms with E-state index < -0.39 is 6.04 Å². The van der Waals surface area contributed by atoms with Crippen LogP contribution >= 0.6 is 0 Å². The topological polar surface area (TPSA) is 55.6 Å². The zero-order chi connectivity index (χ0) is 14.0. The van der Waals surface area contributed by atoms with Gasteiger partial charge in [0.25, 0.3) is 0 Å². The number of nitrogens with zero attached hydrogens (tertiary/aromatic N) is 1. The summed E-state index contributed by atoms with van der Waals surface area (Å²) in [4.78, 5) is 14.3. The van der Waals surface area contributed by atoms with Crippen LogP contribution in [0, 0.1) is 0 Å². The van der Waals surface area contributed by atoms with Crippen molar-refractivity contribution in [3.05, 3.63) is 35.9 Å². The predicted molar refractivity (Wildman–Crippen MR) is 74.6 cm³/mol. The average molecular weight is 262 g/mol. The minimum Gasteiger partial charge on any atom is -0.369 e. The Labute approximate surface area is 114 Å². The van der Waals surface area contributed by atoms with Crippen LogP contribution in [0.25, 0.3) is 0 Å². The van der Waals surface area contributed by atoms with Crippen LogP contribution in [0.4, 0.5) is 0 Å². The lowest BCUT2D eigenvalue weighted by Gasteiger charge is -2.42. The summed E-state index contributed by atoms with van der Waals surface area (Å²) in [5.74, 6) is -0.0329. The van der Waals surface area contributed by atoms with Gasteiger partial charge in [-0.3, -0.25) is 4.79 Å². The van der Waals surface area contributed by atoms with Crippen molar-refractivity contribution < 1.29 is 9.53 Å². The van der Waals surface area contributed by atoms with Crippen LogP contribution in [0.3, 0.4) is 0 Å². The fourth-order valence-electron chi connectivity index (χ4n) is 2.62. The van der Waals surface area contributed by atoms with E-state index in [4.69, 9.17) is 10.5 Å². The van der Waals surface area contributed by atoms with Crippen molar-refractivity contribution in [1.82, 2.24) is 4.90 Å². The molecular weight excluding hydrogens is 240 g/mol. The third-order valence-corrected chi connectivity index (χ3v) is 3.31. The molecule has 0 spiro atoms. The molecule has 4 heteroatoms. The summed E-state index contributed by atoms with van der Waals surface area (Å²) in [6.45, 7) is 7.16. The number of ether oxygens (including phenoxy) is 1. The van der Waals surface area contributed by atoms with Gasteiger partial charge < -0.3 is 15.4 Å². The molecule has 0 radical (unpaired) electrons. The second kappa shape index (κ2) is 5.31. The SMILES string of the molecule is C[C@@H]1CN(C(=O)[C@H](N)c2ccccc2)CC(C)(C)O1. The highest BCUT2D eigenvalue weighted by atomic mass is 16.5. The van der Waals surface area contributed by atoms with Gasteiger partial charge in [-0.25, -0.2) is 0 Å². The highest BCUT2D eigenvalue weighted by Gasteiger charge is 2.35. The van der Waals surface area contributed by atoms with Crippen molar-refractivity contribution >= 4 is 5.91 Å². The van der Waals surface area contributed by atoms with E-state index in [1.807, 2.05) is 56.0 Å². The maximum Gasteiger partial charge on any atom is 0.244 e. The quantitative estimate of drug-likeness (QED) is 0.882. The van der Waals surface area contributed by atoms with E-state index in [0.29, 0.717) is 13.1 Å². The Bertz CT molecular complexity index is 445. The molecule has 0 aromatic heterocycles. The number of nitrogens with two attached hydrogens (primary N) is 1. The highest BCUT2D eigenvalue weighted by Crippen LogP contribution is 2.23. The van der Waals surface area contributed by atoms with Gasteiger partial charge in [-0.1, -0.05) is 30.3 Å². The average Bonchev–Trinajstić information content (AvgIpc) is 2.35. The summed E-state index contributed by atoms with van der Waals surface area (Å²) in [6, 6.07) is 8.89. The Hall–Kier alpha value is -1.39. The Morgan fingerprint density at radius 3 is 2.63 bits per heavy atom. The van der Waals surface area contributed by atoms with Crippen LogP contribution in [0.1, 0.15) is 32.4 Å². The summed E-state index contributed by atoms with van der Waals surface area (Å²) < 4.78 is 5.80. The molecule has 0 saturated carbocycles. The lowest BCUT2D eigenvalue weighted by atomic mass is 10.0. The molecule has 1 saturated heterocycles. The molecule has 4 nitrogen and oxygen atoms in total. The van der Waals surface area contributed by atoms with Gasteiger partial charge in [0.05, 0.1) is 11.7 Å². The lowest BCUT2D eigenvalue weighted by Crippen LogP contribution is -2.55. The molecule has 0 unspecified atom stereocenters. The number of carbonyl (C=O) groups is 1. The minimum absolute atomic E-state index is 0.0329. The molecule has 0 aliphatic carbocycles. The van der Waals surface area contributed by atoms with Gasteiger partial charge in [0, 0.05) is 13.1 Å². The number of amides is 1. The van der Waals surface area contributed by atoms with Crippen molar-refractivity contribution in [3.8, 4) is 0 Å². The molecule has 19 heavy (non-hydrogen) atoms. The molecule has 1 aromatic rings. The summed E-state index contributed by atoms with van der Waals surface area (Å²) in [5.41, 5.74) is 6.61. The van der Waals surface area contributed by atoms with Gasteiger partial charge in [0.1, 0.15) is 6.04 Å². The second-order valence-corrected chi connectivity index (χ2v) is 5.80. The van der Waals surface area contributed by atoms with Crippen LogP contribution < -0.4 is 5.73 Å². The maximum absolute atomic E-state index is 12.5. The summed E-state index contributed by atoms with van der Waals surface area (Å²) >= 11 is 0. The van der Waals surface area contributed by atoms with E-state index in [2.05, 4.69) is 0 Å². The lowest BCUT2D eigenvalue weighted by molar-refractivity contribution is -0.159. The van der Waals surface area contributed by atoms with Crippen LogP contribution in [-0.4, -0.2) is 35.6 Å². The standard InChI is InChI=1S/C15H22N2O2/c1-11-9-17(10-15(2,3)19-11)14(18)13(16)12-7-5-4-6-8-12/h4-8,11,13H,9-10,16H2,1-3H3/t11-,13-/m1/s1. The largest absolute Gasteiger partial charge is 0.369 e. The van der Waals surface area contributed by atoms with E-state index >= 15 is 0 Å².